The van der Waals surface area contributed by atoms with E-state index in [1.54, 1.807) is 0 Å². The summed E-state index contributed by atoms with van der Waals surface area (Å²) < 4.78 is 16.8. The molecule has 1 rings (SSSR count). The predicted molar refractivity (Wildman–Crippen MR) is 39.9 cm³/mol. The van der Waals surface area contributed by atoms with Crippen molar-refractivity contribution >= 4 is 5.97 Å². The monoisotopic (exact) mass is 167 g/mol. The van der Waals surface area contributed by atoms with Crippen LogP contribution in [0, 0.1) is 18.2 Å². The molecule has 0 bridgehead atoms. The Balaban J connectivity index is 2.61. The van der Waals surface area contributed by atoms with Crippen LogP contribution in [0.4, 0.5) is 4.39 Å². The number of nitrogens with one attached hydrogen (secondary N) is 1. The highest BCUT2D eigenvalue weighted by atomic mass is 19.1. The number of aromatic nitrogens is 1. The van der Waals surface area contributed by atoms with Crippen LogP contribution in [0.1, 0.15) is 10.5 Å². The zero-order chi connectivity index (χ0) is 8.97. The van der Waals surface area contributed by atoms with Gasteiger partial charge in [-0.15, -0.1) is 6.42 Å². The van der Waals surface area contributed by atoms with E-state index in [1.807, 2.05) is 0 Å². The molecule has 0 saturated carbocycles. The first kappa shape index (κ1) is 8.34. The maximum Gasteiger partial charge on any atom is 0.355 e. The van der Waals surface area contributed by atoms with Gasteiger partial charge in [-0.1, -0.05) is 5.92 Å². The fourth-order valence-corrected chi connectivity index (χ4v) is 0.671. The molecule has 62 valence electrons. The average molecular weight is 167 g/mol. The summed E-state index contributed by atoms with van der Waals surface area (Å²) in [5.74, 6) is 0.957. The first-order valence-electron chi connectivity index (χ1n) is 3.18. The van der Waals surface area contributed by atoms with Crippen LogP contribution in [0.3, 0.4) is 0 Å². The standard InChI is InChI=1S/C8H6FNO2/c1-2-3-12-8(11)7-4-6(9)5-10-7/h1,4-5,10H,3H2. The first-order chi connectivity index (χ1) is 5.74. The van der Waals surface area contributed by atoms with Crippen molar-refractivity contribution in [1.82, 2.24) is 4.98 Å². The summed E-state index contributed by atoms with van der Waals surface area (Å²) in [4.78, 5) is 13.3. The molecule has 0 radical (unpaired) electrons. The Bertz CT molecular complexity index is 324. The van der Waals surface area contributed by atoms with Crippen molar-refractivity contribution < 1.29 is 13.9 Å². The molecular weight excluding hydrogens is 161 g/mol. The van der Waals surface area contributed by atoms with E-state index in [2.05, 4.69) is 15.6 Å². The van der Waals surface area contributed by atoms with E-state index in [0.29, 0.717) is 0 Å². The van der Waals surface area contributed by atoms with E-state index in [0.717, 1.165) is 12.3 Å². The van der Waals surface area contributed by atoms with Gasteiger partial charge in [0.1, 0.15) is 11.5 Å². The van der Waals surface area contributed by atoms with Crippen LogP contribution in [-0.4, -0.2) is 17.6 Å². The molecule has 1 aromatic rings. The molecule has 4 heteroatoms. The molecule has 1 aromatic heterocycles. The van der Waals surface area contributed by atoms with Crippen LogP contribution >= 0.6 is 0 Å². The number of hydrogen-bond donors (Lipinski definition) is 1. The molecule has 0 aliphatic heterocycles. The van der Waals surface area contributed by atoms with Crippen LogP contribution < -0.4 is 0 Å². The van der Waals surface area contributed by atoms with E-state index >= 15 is 0 Å². The number of hydrogen-bond acceptors (Lipinski definition) is 2. The molecular formula is C8H6FNO2. The summed E-state index contributed by atoms with van der Waals surface area (Å²) in [6, 6.07) is 1.04. The van der Waals surface area contributed by atoms with Crippen LogP contribution in [0.5, 0.6) is 0 Å². The van der Waals surface area contributed by atoms with E-state index in [9.17, 15) is 9.18 Å². The molecule has 0 aromatic carbocycles. The van der Waals surface area contributed by atoms with Gasteiger partial charge in [0.25, 0.3) is 0 Å². The second-order valence-electron chi connectivity index (χ2n) is 2.01. The molecule has 0 unspecified atom stereocenters. The van der Waals surface area contributed by atoms with Gasteiger partial charge in [0.2, 0.25) is 0 Å². The maximum absolute atomic E-state index is 12.3. The van der Waals surface area contributed by atoms with Crippen LogP contribution in [0.25, 0.3) is 0 Å². The molecule has 12 heavy (non-hydrogen) atoms. The molecule has 0 atom stereocenters. The van der Waals surface area contributed by atoms with E-state index < -0.39 is 11.8 Å². The molecule has 0 aliphatic rings. The fourth-order valence-electron chi connectivity index (χ4n) is 0.671. The zero-order valence-corrected chi connectivity index (χ0v) is 6.13. The van der Waals surface area contributed by atoms with E-state index in [-0.39, 0.29) is 12.3 Å². The quantitative estimate of drug-likeness (QED) is 0.526. The van der Waals surface area contributed by atoms with Gasteiger partial charge in [0.15, 0.2) is 6.61 Å². The molecule has 0 aliphatic carbocycles. The number of carbonyl (C=O) groups excluding carboxylic acids is 1. The third-order valence-electron chi connectivity index (χ3n) is 1.15. The third kappa shape index (κ3) is 1.86. The van der Waals surface area contributed by atoms with Gasteiger partial charge in [-0.25, -0.2) is 9.18 Å². The number of carbonyl (C=O) groups is 1. The first-order valence-corrected chi connectivity index (χ1v) is 3.18. The average Bonchev–Trinajstić information content (AvgIpc) is 2.47. The van der Waals surface area contributed by atoms with Gasteiger partial charge in [0.05, 0.1) is 0 Å². The van der Waals surface area contributed by atoms with Crippen molar-refractivity contribution in [2.24, 2.45) is 0 Å². The number of H-pyrrole nitrogens is 1. The fraction of sp³-hybridized carbons (Fsp3) is 0.125. The van der Waals surface area contributed by atoms with E-state index in [1.165, 1.54) is 0 Å². The lowest BCUT2D eigenvalue weighted by atomic mass is 10.4. The Morgan fingerprint density at radius 1 is 1.83 bits per heavy atom. The van der Waals surface area contributed by atoms with Crippen molar-refractivity contribution in [1.29, 1.82) is 0 Å². The highest BCUT2D eigenvalue weighted by Gasteiger charge is 2.08. The van der Waals surface area contributed by atoms with Crippen molar-refractivity contribution in [3.05, 3.63) is 23.8 Å². The lowest BCUT2D eigenvalue weighted by molar-refractivity contribution is 0.0550. The second-order valence-corrected chi connectivity index (χ2v) is 2.01. The summed E-state index contributed by atoms with van der Waals surface area (Å²) in [5, 5.41) is 0. The lowest BCUT2D eigenvalue weighted by Gasteiger charge is -1.95. The molecule has 3 nitrogen and oxygen atoms in total. The van der Waals surface area contributed by atoms with Crippen LogP contribution in [0.2, 0.25) is 0 Å². The summed E-state index contributed by atoms with van der Waals surface area (Å²) >= 11 is 0. The summed E-state index contributed by atoms with van der Waals surface area (Å²) in [7, 11) is 0. The van der Waals surface area contributed by atoms with Crippen molar-refractivity contribution in [2.45, 2.75) is 0 Å². The number of rotatable bonds is 2. The number of aromatic amines is 1. The van der Waals surface area contributed by atoms with Crippen LogP contribution in [-0.2, 0) is 4.74 Å². The van der Waals surface area contributed by atoms with E-state index in [4.69, 9.17) is 6.42 Å². The Hall–Kier alpha value is -1.76. The van der Waals surface area contributed by atoms with Gasteiger partial charge in [-0.05, 0) is 0 Å². The largest absolute Gasteiger partial charge is 0.448 e. The third-order valence-corrected chi connectivity index (χ3v) is 1.15. The minimum atomic E-state index is -0.656. The Labute approximate surface area is 68.5 Å². The SMILES string of the molecule is C#CCOC(=O)c1cc(F)c[nH]1. The summed E-state index contributed by atoms with van der Waals surface area (Å²) in [6.07, 6.45) is 5.91. The molecule has 0 amide bonds. The minimum absolute atomic E-state index is 0.0581. The van der Waals surface area contributed by atoms with Gasteiger partial charge < -0.3 is 9.72 Å². The van der Waals surface area contributed by atoms with Gasteiger partial charge in [-0.3, -0.25) is 0 Å². The van der Waals surface area contributed by atoms with Gasteiger partial charge in [0, 0.05) is 12.3 Å². The smallest absolute Gasteiger partial charge is 0.355 e. The predicted octanol–water partition coefficient (Wildman–Crippen LogP) is 0.944. The number of terminal acetylenes is 1. The molecule has 0 fully saturated rings. The second kappa shape index (κ2) is 3.58. The van der Waals surface area contributed by atoms with Crippen molar-refractivity contribution in [3.63, 3.8) is 0 Å². The van der Waals surface area contributed by atoms with Crippen molar-refractivity contribution in [2.75, 3.05) is 6.61 Å². The topological polar surface area (TPSA) is 42.1 Å². The maximum atomic E-state index is 12.3. The molecule has 0 spiro atoms. The Morgan fingerprint density at radius 3 is 3.08 bits per heavy atom. The summed E-state index contributed by atoms with van der Waals surface area (Å²) in [6.45, 7) is -0.112. The number of esters is 1. The number of halogens is 1. The molecule has 1 N–H and O–H groups in total. The van der Waals surface area contributed by atoms with Crippen molar-refractivity contribution in [3.8, 4) is 12.3 Å². The van der Waals surface area contributed by atoms with Gasteiger partial charge in [-0.2, -0.15) is 0 Å². The molecule has 1 heterocycles. The highest BCUT2D eigenvalue weighted by Crippen LogP contribution is 2.02. The summed E-state index contributed by atoms with van der Waals surface area (Å²) in [5.41, 5.74) is 0.0581. The highest BCUT2D eigenvalue weighted by molar-refractivity contribution is 5.87. The minimum Gasteiger partial charge on any atom is -0.448 e. The van der Waals surface area contributed by atoms with Gasteiger partial charge >= 0.3 is 5.97 Å². The Kier molecular flexibility index (Phi) is 2.49. The molecule has 0 saturated heterocycles. The zero-order valence-electron chi connectivity index (χ0n) is 6.13. The number of ether oxygens (including phenoxy) is 1. The normalized spacial score (nSPS) is 9.00. The lowest BCUT2D eigenvalue weighted by Crippen LogP contribution is -2.05. The Morgan fingerprint density at radius 2 is 2.58 bits per heavy atom. The van der Waals surface area contributed by atoms with Crippen LogP contribution in [0.15, 0.2) is 12.3 Å².